The number of rotatable bonds is 3. The Labute approximate surface area is 421 Å². The smallest absolute Gasteiger partial charge is 0.297 e. The minimum absolute atomic E-state index is 0.0225. The van der Waals surface area contributed by atoms with E-state index in [0.717, 1.165) is 36.9 Å². The summed E-state index contributed by atoms with van der Waals surface area (Å²) in [5, 5.41) is 1.20. The van der Waals surface area contributed by atoms with Gasteiger partial charge in [-0.2, -0.15) is 0 Å². The Morgan fingerprint density at radius 1 is 0.471 bits per heavy atom. The van der Waals surface area contributed by atoms with Crippen LogP contribution in [0.15, 0.2) is 114 Å². The Morgan fingerprint density at radius 2 is 1.01 bits per heavy atom. The van der Waals surface area contributed by atoms with Gasteiger partial charge in [0.05, 0.1) is 17.0 Å². The van der Waals surface area contributed by atoms with Gasteiger partial charge in [0.25, 0.3) is 6.71 Å². The SMILES string of the molecule is CC(C)(C)c1ccc(N2c3cc(C(C)(C)C)cc4c3B(c3ccc5c(c32)C(C)(C)CCC5(C)C)c2oc3cc5c(cc3c2N4c2ccc(C(C)(C)C)cc2-c2ccccc2)C(C)(C)CCC5(C)C)cc1. The van der Waals surface area contributed by atoms with Crippen molar-refractivity contribution in [3.05, 3.63) is 148 Å². The van der Waals surface area contributed by atoms with E-state index in [1.807, 2.05) is 0 Å². The fourth-order valence-electron chi connectivity index (χ4n) is 12.9. The molecule has 0 saturated heterocycles. The van der Waals surface area contributed by atoms with Gasteiger partial charge in [-0.25, -0.2) is 0 Å². The molecule has 0 bridgehead atoms. The molecule has 4 aliphatic rings. The van der Waals surface area contributed by atoms with Gasteiger partial charge >= 0.3 is 0 Å². The van der Waals surface area contributed by atoms with Crippen molar-refractivity contribution in [1.29, 1.82) is 0 Å². The van der Waals surface area contributed by atoms with Crippen LogP contribution < -0.4 is 26.4 Å². The highest BCUT2D eigenvalue weighted by Crippen LogP contribution is 2.56. The zero-order valence-electron chi connectivity index (χ0n) is 45.6. The summed E-state index contributed by atoms with van der Waals surface area (Å²) in [4.78, 5) is 5.36. The maximum atomic E-state index is 7.77. The minimum atomic E-state index is -0.155. The highest BCUT2D eigenvalue weighted by molar-refractivity contribution is 7.00. The molecule has 0 fully saturated rings. The molecular weight excluding hydrogens is 848 g/mol. The minimum Gasteiger partial charge on any atom is -0.468 e. The lowest BCUT2D eigenvalue weighted by Gasteiger charge is -2.49. The number of anilines is 6. The Hall–Kier alpha value is -5.48. The maximum absolute atomic E-state index is 7.77. The van der Waals surface area contributed by atoms with E-state index in [9.17, 15) is 0 Å². The summed E-state index contributed by atoms with van der Waals surface area (Å²) in [5.74, 6) is 0. The van der Waals surface area contributed by atoms with Crippen LogP contribution >= 0.6 is 0 Å². The first-order valence-corrected chi connectivity index (χ1v) is 26.5. The molecular formula is C66H77BN2O. The Bertz CT molecular complexity index is 3270. The van der Waals surface area contributed by atoms with Crippen molar-refractivity contribution in [2.45, 2.75) is 181 Å². The van der Waals surface area contributed by atoms with E-state index < -0.39 is 0 Å². The van der Waals surface area contributed by atoms with Crippen LogP contribution in [0.25, 0.3) is 22.1 Å². The van der Waals surface area contributed by atoms with Crippen LogP contribution in [0.2, 0.25) is 0 Å². The molecule has 0 radical (unpaired) electrons. The predicted molar refractivity (Wildman–Crippen MR) is 302 cm³/mol. The van der Waals surface area contributed by atoms with E-state index in [1.54, 1.807) is 0 Å². The topological polar surface area (TPSA) is 19.6 Å². The molecule has 70 heavy (non-hydrogen) atoms. The fourth-order valence-corrected chi connectivity index (χ4v) is 12.9. The quantitative estimate of drug-likeness (QED) is 0.165. The van der Waals surface area contributed by atoms with E-state index in [0.29, 0.717) is 0 Å². The van der Waals surface area contributed by atoms with Crippen molar-refractivity contribution >= 4 is 68.4 Å². The molecule has 0 N–H and O–H groups in total. The first-order valence-electron chi connectivity index (χ1n) is 26.5. The molecule has 360 valence electrons. The third-order valence-corrected chi connectivity index (χ3v) is 17.6. The Kier molecular flexibility index (Phi) is 10.1. The van der Waals surface area contributed by atoms with Crippen molar-refractivity contribution in [2.75, 3.05) is 9.80 Å². The van der Waals surface area contributed by atoms with E-state index in [2.05, 4.69) is 237 Å². The third-order valence-electron chi connectivity index (χ3n) is 17.6. The van der Waals surface area contributed by atoms with E-state index in [1.165, 1.54) is 101 Å². The molecule has 3 nitrogen and oxygen atoms in total. The molecule has 0 unspecified atom stereocenters. The van der Waals surface area contributed by atoms with E-state index in [-0.39, 0.29) is 44.6 Å². The van der Waals surface area contributed by atoms with Crippen molar-refractivity contribution in [3.8, 4) is 11.1 Å². The van der Waals surface area contributed by atoms with Crippen LogP contribution in [0, 0.1) is 0 Å². The number of furan rings is 1. The Morgan fingerprint density at radius 3 is 1.61 bits per heavy atom. The van der Waals surface area contributed by atoms with Crippen molar-refractivity contribution < 1.29 is 4.42 Å². The molecule has 0 saturated carbocycles. The molecule has 2 aliphatic carbocycles. The summed E-state index contributed by atoms with van der Waals surface area (Å²) in [7, 11) is 0. The van der Waals surface area contributed by atoms with Gasteiger partial charge in [-0.1, -0.05) is 178 Å². The summed E-state index contributed by atoms with van der Waals surface area (Å²) in [5.41, 5.74) is 24.2. The predicted octanol–water partition coefficient (Wildman–Crippen LogP) is 16.8. The molecule has 7 aromatic rings. The van der Waals surface area contributed by atoms with Gasteiger partial charge in [0.15, 0.2) is 0 Å². The summed E-state index contributed by atoms with van der Waals surface area (Å²) >= 11 is 0. The number of benzene rings is 6. The van der Waals surface area contributed by atoms with Crippen molar-refractivity contribution in [2.24, 2.45) is 0 Å². The largest absolute Gasteiger partial charge is 0.468 e. The standard InChI is InChI=1S/C66H77BN2O/c1-60(2,3)41-23-26-44(27-24-41)68-52-36-43(62(7,8)9)37-53-56(52)67(50-29-28-47-55(58(50)68)66(16,17)34-33-63(47,10)11)59-57(46-38-48-49(39-54(46)70-59)65(14,15)32-31-64(48,12)13)69(53)51-30-25-42(61(4,5)6)35-45(51)40-21-19-18-20-22-40/h18-30,35-39H,31-34H2,1-17H3. The van der Waals surface area contributed by atoms with Crippen LogP contribution in [0.5, 0.6) is 0 Å². The second-order valence-electron chi connectivity index (χ2n) is 27.6. The number of hydrogen-bond donors (Lipinski definition) is 0. The molecule has 4 heteroatoms. The zero-order chi connectivity index (χ0) is 50.0. The van der Waals surface area contributed by atoms with Crippen LogP contribution in [-0.4, -0.2) is 6.71 Å². The maximum Gasteiger partial charge on any atom is 0.297 e. The average Bonchev–Trinajstić information content (AvgIpc) is 3.66. The zero-order valence-corrected chi connectivity index (χ0v) is 45.6. The first-order chi connectivity index (χ1) is 32.6. The normalized spacial score (nSPS) is 18.5. The van der Waals surface area contributed by atoms with Gasteiger partial charge in [0.2, 0.25) is 0 Å². The summed E-state index contributed by atoms with van der Waals surface area (Å²) in [6, 6.07) is 43.1. The molecule has 11 rings (SSSR count). The van der Waals surface area contributed by atoms with Gasteiger partial charge in [-0.3, -0.25) is 0 Å². The highest BCUT2D eigenvalue weighted by atomic mass is 16.3. The molecule has 2 aliphatic heterocycles. The monoisotopic (exact) mass is 925 g/mol. The average molecular weight is 925 g/mol. The van der Waals surface area contributed by atoms with Crippen LogP contribution in [0.4, 0.5) is 34.1 Å². The van der Waals surface area contributed by atoms with Crippen LogP contribution in [0.1, 0.15) is 182 Å². The summed E-state index contributed by atoms with van der Waals surface area (Å²) < 4.78 is 7.77. The molecule has 6 aromatic carbocycles. The van der Waals surface area contributed by atoms with E-state index in [4.69, 9.17) is 4.42 Å². The number of fused-ring (bicyclic) bond motifs is 9. The van der Waals surface area contributed by atoms with Gasteiger partial charge in [0, 0.05) is 33.7 Å². The lowest BCUT2D eigenvalue weighted by atomic mass is 9.35. The third kappa shape index (κ3) is 7.10. The van der Waals surface area contributed by atoms with Crippen LogP contribution in [-0.2, 0) is 37.9 Å². The molecule has 0 spiro atoms. The lowest BCUT2D eigenvalue weighted by molar-refractivity contribution is 0.332. The van der Waals surface area contributed by atoms with Crippen LogP contribution in [0.3, 0.4) is 0 Å². The highest BCUT2D eigenvalue weighted by Gasteiger charge is 2.51. The molecule has 0 amide bonds. The fraction of sp³-hybridized carbons (Fsp3) is 0.424. The molecule has 1 aromatic heterocycles. The van der Waals surface area contributed by atoms with Gasteiger partial charge < -0.3 is 14.2 Å². The summed E-state index contributed by atoms with van der Waals surface area (Å²) in [6.45, 7) is 40.7. The van der Waals surface area contributed by atoms with Gasteiger partial charge in [0.1, 0.15) is 5.58 Å². The second-order valence-corrected chi connectivity index (χ2v) is 27.6. The Balaban J connectivity index is 1.33. The lowest BCUT2D eigenvalue weighted by Crippen LogP contribution is -2.61. The van der Waals surface area contributed by atoms with Gasteiger partial charge in [-0.05, 0) is 168 Å². The summed E-state index contributed by atoms with van der Waals surface area (Å²) in [6.07, 6.45) is 4.58. The molecule has 0 atom stereocenters. The number of nitrogens with zero attached hydrogens (tertiary/aromatic N) is 2. The van der Waals surface area contributed by atoms with E-state index >= 15 is 0 Å². The van der Waals surface area contributed by atoms with Crippen molar-refractivity contribution in [1.82, 2.24) is 0 Å². The van der Waals surface area contributed by atoms with Gasteiger partial charge in [-0.15, -0.1) is 0 Å². The number of hydrogen-bond acceptors (Lipinski definition) is 3. The van der Waals surface area contributed by atoms with Crippen molar-refractivity contribution in [3.63, 3.8) is 0 Å². The molecule has 3 heterocycles. The first kappa shape index (κ1) is 46.9. The second kappa shape index (κ2) is 15.0.